The molecule has 0 spiro atoms. The van der Waals surface area contributed by atoms with Gasteiger partial charge in [0.15, 0.2) is 0 Å². The lowest BCUT2D eigenvalue weighted by Gasteiger charge is -2.09. The molecule has 0 aliphatic carbocycles. The molecule has 0 atom stereocenters. The Kier molecular flexibility index (Phi) is 6.61. The first-order valence-corrected chi connectivity index (χ1v) is 9.66. The van der Waals surface area contributed by atoms with E-state index in [1.807, 2.05) is 30.3 Å². The Bertz CT molecular complexity index is 1030. The Balaban J connectivity index is 1.54. The van der Waals surface area contributed by atoms with E-state index in [1.54, 1.807) is 25.1 Å². The Labute approximate surface area is 175 Å². The number of hydrogen-bond acceptors (Lipinski definition) is 5. The topological polar surface area (TPSA) is 99.3 Å². The van der Waals surface area contributed by atoms with Gasteiger partial charge in [0, 0.05) is 16.6 Å². The van der Waals surface area contributed by atoms with Gasteiger partial charge in [-0.3, -0.25) is 4.79 Å². The number of carbonyl (C=O) groups excluding carboxylic acids is 1. The number of carbonyl (C=O) groups is 1. The standard InChI is InChI=1S/C20H19BrN4O4/c1-14-10-19(25(27)28)23-24(14)9-8-22-20(26)16-5-2-4-15(11-16)13-29-18-7-3-6-17(21)12-18/h2-7,10-12H,8-9,13H2,1H3,(H,22,26). The zero-order valence-corrected chi connectivity index (χ0v) is 17.3. The maximum absolute atomic E-state index is 12.4. The number of ether oxygens (including phenoxy) is 1. The maximum Gasteiger partial charge on any atom is 0.390 e. The number of aryl methyl sites for hydroxylation is 1. The monoisotopic (exact) mass is 458 g/mol. The van der Waals surface area contributed by atoms with Crippen molar-refractivity contribution in [2.24, 2.45) is 0 Å². The zero-order valence-electron chi connectivity index (χ0n) is 15.7. The van der Waals surface area contributed by atoms with Crippen LogP contribution < -0.4 is 10.1 Å². The minimum atomic E-state index is -0.538. The third kappa shape index (κ3) is 5.64. The van der Waals surface area contributed by atoms with Crippen molar-refractivity contribution in [3.8, 4) is 5.75 Å². The van der Waals surface area contributed by atoms with Crippen molar-refractivity contribution in [3.05, 3.63) is 86.0 Å². The van der Waals surface area contributed by atoms with E-state index in [9.17, 15) is 14.9 Å². The van der Waals surface area contributed by atoms with Crippen LogP contribution in [0.25, 0.3) is 0 Å². The highest BCUT2D eigenvalue weighted by molar-refractivity contribution is 9.10. The molecule has 9 heteroatoms. The van der Waals surface area contributed by atoms with Crippen molar-refractivity contribution in [2.75, 3.05) is 6.54 Å². The molecule has 1 aromatic heterocycles. The molecular weight excluding hydrogens is 440 g/mol. The van der Waals surface area contributed by atoms with Gasteiger partial charge in [0.2, 0.25) is 0 Å². The predicted molar refractivity (Wildman–Crippen MR) is 111 cm³/mol. The SMILES string of the molecule is Cc1cc([N+](=O)[O-])nn1CCNC(=O)c1cccc(COc2cccc(Br)c2)c1. The summed E-state index contributed by atoms with van der Waals surface area (Å²) < 4.78 is 8.19. The van der Waals surface area contributed by atoms with Crippen molar-refractivity contribution < 1.29 is 14.5 Å². The van der Waals surface area contributed by atoms with E-state index in [0.29, 0.717) is 31.0 Å². The highest BCUT2D eigenvalue weighted by Gasteiger charge is 2.15. The second-order valence-electron chi connectivity index (χ2n) is 6.33. The molecule has 29 heavy (non-hydrogen) atoms. The van der Waals surface area contributed by atoms with E-state index >= 15 is 0 Å². The number of nitrogens with one attached hydrogen (secondary N) is 1. The molecule has 0 saturated carbocycles. The van der Waals surface area contributed by atoms with Crippen LogP contribution in [0.1, 0.15) is 21.6 Å². The van der Waals surface area contributed by atoms with E-state index in [0.717, 1.165) is 15.8 Å². The van der Waals surface area contributed by atoms with Crippen LogP contribution in [0.3, 0.4) is 0 Å². The number of hydrogen-bond donors (Lipinski definition) is 1. The summed E-state index contributed by atoms with van der Waals surface area (Å²) in [6.07, 6.45) is 0. The molecule has 1 N–H and O–H groups in total. The highest BCUT2D eigenvalue weighted by Crippen LogP contribution is 2.19. The molecule has 3 rings (SSSR count). The second-order valence-corrected chi connectivity index (χ2v) is 7.24. The molecule has 8 nitrogen and oxygen atoms in total. The third-order valence-corrected chi connectivity index (χ3v) is 4.65. The largest absolute Gasteiger partial charge is 0.489 e. The van der Waals surface area contributed by atoms with Crippen molar-refractivity contribution >= 4 is 27.7 Å². The van der Waals surface area contributed by atoms with Gasteiger partial charge in [-0.15, -0.1) is 0 Å². The van der Waals surface area contributed by atoms with Crippen LogP contribution in [0.5, 0.6) is 5.75 Å². The van der Waals surface area contributed by atoms with Gasteiger partial charge in [0.1, 0.15) is 12.4 Å². The van der Waals surface area contributed by atoms with Gasteiger partial charge in [-0.05, 0) is 47.7 Å². The summed E-state index contributed by atoms with van der Waals surface area (Å²) >= 11 is 3.40. The Morgan fingerprint density at radius 3 is 2.76 bits per heavy atom. The molecule has 0 radical (unpaired) electrons. The number of rotatable bonds is 8. The summed E-state index contributed by atoms with van der Waals surface area (Å²) in [5.41, 5.74) is 2.05. The van der Waals surface area contributed by atoms with Crippen molar-refractivity contribution in [1.29, 1.82) is 0 Å². The average Bonchev–Trinajstić information content (AvgIpc) is 3.08. The Hall–Kier alpha value is -3.20. The van der Waals surface area contributed by atoms with E-state index in [2.05, 4.69) is 26.3 Å². The molecule has 0 saturated heterocycles. The van der Waals surface area contributed by atoms with Crippen molar-refractivity contribution in [1.82, 2.24) is 15.1 Å². The number of nitro groups is 1. The molecule has 0 bridgehead atoms. The first-order chi connectivity index (χ1) is 13.9. The highest BCUT2D eigenvalue weighted by atomic mass is 79.9. The van der Waals surface area contributed by atoms with Gasteiger partial charge in [-0.2, -0.15) is 4.68 Å². The summed E-state index contributed by atoms with van der Waals surface area (Å²) in [4.78, 5) is 22.6. The molecule has 150 valence electrons. The van der Waals surface area contributed by atoms with Gasteiger partial charge >= 0.3 is 5.82 Å². The first kappa shape index (κ1) is 20.5. The number of amides is 1. The fraction of sp³-hybridized carbons (Fsp3) is 0.200. The summed E-state index contributed by atoms with van der Waals surface area (Å²) in [5.74, 6) is 0.304. The molecule has 1 amide bonds. The summed E-state index contributed by atoms with van der Waals surface area (Å²) in [5, 5.41) is 17.5. The van der Waals surface area contributed by atoms with Crippen LogP contribution in [-0.2, 0) is 13.2 Å². The molecule has 0 fully saturated rings. The van der Waals surface area contributed by atoms with Gasteiger partial charge in [0.25, 0.3) is 5.91 Å². The molecule has 2 aromatic carbocycles. The van der Waals surface area contributed by atoms with Crippen LogP contribution in [0.2, 0.25) is 0 Å². The molecule has 0 aliphatic heterocycles. The van der Waals surface area contributed by atoms with Gasteiger partial charge < -0.3 is 20.2 Å². The zero-order chi connectivity index (χ0) is 20.8. The lowest BCUT2D eigenvalue weighted by molar-refractivity contribution is -0.389. The fourth-order valence-electron chi connectivity index (χ4n) is 2.71. The van der Waals surface area contributed by atoms with Gasteiger partial charge in [-0.25, -0.2) is 0 Å². The molecule has 3 aromatic rings. The third-order valence-electron chi connectivity index (χ3n) is 4.16. The lowest BCUT2D eigenvalue weighted by Crippen LogP contribution is -2.27. The summed E-state index contributed by atoms with van der Waals surface area (Å²) in [6, 6.07) is 16.1. The number of aromatic nitrogens is 2. The normalized spacial score (nSPS) is 10.6. The Morgan fingerprint density at radius 1 is 1.24 bits per heavy atom. The minimum Gasteiger partial charge on any atom is -0.489 e. The Morgan fingerprint density at radius 2 is 2.03 bits per heavy atom. The number of nitrogens with zero attached hydrogens (tertiary/aromatic N) is 3. The lowest BCUT2D eigenvalue weighted by atomic mass is 10.1. The predicted octanol–water partition coefficient (Wildman–Crippen LogP) is 3.87. The second kappa shape index (κ2) is 9.33. The van der Waals surface area contributed by atoms with E-state index in [4.69, 9.17) is 4.74 Å². The summed E-state index contributed by atoms with van der Waals surface area (Å²) in [6.45, 7) is 2.72. The average molecular weight is 459 g/mol. The molecular formula is C20H19BrN4O4. The van der Waals surface area contributed by atoms with Crippen LogP contribution in [0.4, 0.5) is 5.82 Å². The van der Waals surface area contributed by atoms with Crippen LogP contribution in [-0.4, -0.2) is 27.2 Å². The number of benzene rings is 2. The smallest absolute Gasteiger partial charge is 0.390 e. The summed E-state index contributed by atoms with van der Waals surface area (Å²) in [7, 11) is 0. The van der Waals surface area contributed by atoms with Crippen LogP contribution >= 0.6 is 15.9 Å². The van der Waals surface area contributed by atoms with Crippen molar-refractivity contribution in [3.63, 3.8) is 0 Å². The van der Waals surface area contributed by atoms with E-state index in [1.165, 1.54) is 10.7 Å². The molecule has 0 aliphatic rings. The maximum atomic E-state index is 12.4. The fourth-order valence-corrected chi connectivity index (χ4v) is 3.09. The van der Waals surface area contributed by atoms with E-state index < -0.39 is 4.92 Å². The van der Waals surface area contributed by atoms with Crippen molar-refractivity contribution in [2.45, 2.75) is 20.1 Å². The molecule has 1 heterocycles. The molecule has 0 unspecified atom stereocenters. The van der Waals surface area contributed by atoms with Gasteiger partial charge in [-0.1, -0.05) is 34.1 Å². The van der Waals surface area contributed by atoms with Gasteiger partial charge in [0.05, 0.1) is 23.4 Å². The minimum absolute atomic E-state index is 0.202. The quantitative estimate of drug-likeness (QED) is 0.407. The number of halogens is 1. The van der Waals surface area contributed by atoms with Crippen LogP contribution in [0, 0.1) is 17.0 Å². The van der Waals surface area contributed by atoms with Crippen LogP contribution in [0.15, 0.2) is 59.1 Å². The van der Waals surface area contributed by atoms with E-state index in [-0.39, 0.29) is 11.7 Å². The first-order valence-electron chi connectivity index (χ1n) is 8.87.